The molecule has 2 rings (SSSR count). The molecular formula is C16H24N2O2. The number of benzene rings is 1. The smallest absolute Gasteiger partial charge is 0.226 e. The molecular weight excluding hydrogens is 252 g/mol. The Morgan fingerprint density at radius 3 is 3.05 bits per heavy atom. The molecule has 1 aromatic carbocycles. The van der Waals surface area contributed by atoms with Crippen LogP contribution < -0.4 is 15.4 Å². The molecule has 1 aliphatic rings. The SMILES string of the molecule is CCCOc1cc(C)ccc1NC(=O)CC1CCCN1. The number of aryl methyl sites for hydroxylation is 1. The molecule has 4 heteroatoms. The van der Waals surface area contributed by atoms with Crippen LogP contribution in [-0.4, -0.2) is 25.1 Å². The van der Waals surface area contributed by atoms with Crippen LogP contribution in [0.15, 0.2) is 18.2 Å². The summed E-state index contributed by atoms with van der Waals surface area (Å²) in [5, 5.41) is 6.31. The van der Waals surface area contributed by atoms with Crippen molar-refractivity contribution in [1.82, 2.24) is 5.32 Å². The molecule has 0 bridgehead atoms. The summed E-state index contributed by atoms with van der Waals surface area (Å²) in [6.07, 6.45) is 3.72. The fourth-order valence-electron chi connectivity index (χ4n) is 2.42. The molecule has 0 radical (unpaired) electrons. The lowest BCUT2D eigenvalue weighted by atomic mass is 10.1. The minimum Gasteiger partial charge on any atom is -0.491 e. The van der Waals surface area contributed by atoms with Crippen LogP contribution in [0.25, 0.3) is 0 Å². The molecule has 4 nitrogen and oxygen atoms in total. The van der Waals surface area contributed by atoms with Crippen molar-refractivity contribution in [2.45, 2.75) is 45.6 Å². The van der Waals surface area contributed by atoms with Gasteiger partial charge in [-0.05, 0) is 50.4 Å². The molecule has 0 aromatic heterocycles. The first-order valence-electron chi connectivity index (χ1n) is 7.45. The Balaban J connectivity index is 1.97. The van der Waals surface area contributed by atoms with Gasteiger partial charge in [0.25, 0.3) is 0 Å². The van der Waals surface area contributed by atoms with Gasteiger partial charge in [-0.2, -0.15) is 0 Å². The molecule has 0 saturated carbocycles. The summed E-state index contributed by atoms with van der Waals surface area (Å²) in [6, 6.07) is 6.20. The number of amides is 1. The van der Waals surface area contributed by atoms with Crippen LogP contribution in [0.5, 0.6) is 5.75 Å². The van der Waals surface area contributed by atoms with E-state index in [1.165, 1.54) is 0 Å². The van der Waals surface area contributed by atoms with E-state index < -0.39 is 0 Å². The van der Waals surface area contributed by atoms with Crippen LogP contribution >= 0.6 is 0 Å². The maximum atomic E-state index is 12.1. The second-order valence-electron chi connectivity index (χ2n) is 5.39. The molecule has 2 N–H and O–H groups in total. The Morgan fingerprint density at radius 1 is 1.50 bits per heavy atom. The van der Waals surface area contributed by atoms with Gasteiger partial charge in [0, 0.05) is 12.5 Å². The lowest BCUT2D eigenvalue weighted by Gasteiger charge is -2.14. The van der Waals surface area contributed by atoms with Crippen molar-refractivity contribution in [1.29, 1.82) is 0 Å². The maximum absolute atomic E-state index is 12.1. The first-order chi connectivity index (χ1) is 9.69. The summed E-state index contributed by atoms with van der Waals surface area (Å²) in [7, 11) is 0. The molecule has 0 spiro atoms. The number of anilines is 1. The maximum Gasteiger partial charge on any atom is 0.226 e. The Morgan fingerprint density at radius 2 is 2.35 bits per heavy atom. The number of carbonyl (C=O) groups is 1. The van der Waals surface area contributed by atoms with E-state index in [0.717, 1.165) is 42.8 Å². The quantitative estimate of drug-likeness (QED) is 0.840. The molecule has 1 fully saturated rings. The van der Waals surface area contributed by atoms with Crippen LogP contribution in [-0.2, 0) is 4.79 Å². The number of hydrogen-bond acceptors (Lipinski definition) is 3. The monoisotopic (exact) mass is 276 g/mol. The van der Waals surface area contributed by atoms with Gasteiger partial charge >= 0.3 is 0 Å². The van der Waals surface area contributed by atoms with E-state index in [-0.39, 0.29) is 5.91 Å². The Labute approximate surface area is 120 Å². The first-order valence-corrected chi connectivity index (χ1v) is 7.45. The zero-order valence-electron chi connectivity index (χ0n) is 12.4. The van der Waals surface area contributed by atoms with Crippen molar-refractivity contribution < 1.29 is 9.53 Å². The molecule has 1 aromatic rings. The lowest BCUT2D eigenvalue weighted by Crippen LogP contribution is -2.27. The molecule has 110 valence electrons. The van der Waals surface area contributed by atoms with Crippen LogP contribution in [0.1, 0.15) is 38.2 Å². The highest BCUT2D eigenvalue weighted by molar-refractivity contribution is 5.92. The Bertz CT molecular complexity index is 454. The van der Waals surface area contributed by atoms with E-state index in [2.05, 4.69) is 17.6 Å². The summed E-state index contributed by atoms with van der Waals surface area (Å²) in [4.78, 5) is 12.1. The molecule has 0 aliphatic carbocycles. The van der Waals surface area contributed by atoms with E-state index >= 15 is 0 Å². The molecule has 1 aliphatic heterocycles. The highest BCUT2D eigenvalue weighted by Gasteiger charge is 2.18. The van der Waals surface area contributed by atoms with Gasteiger partial charge in [0.15, 0.2) is 0 Å². The number of rotatable bonds is 6. The summed E-state index contributed by atoms with van der Waals surface area (Å²) < 4.78 is 5.71. The van der Waals surface area contributed by atoms with Crippen molar-refractivity contribution in [3.8, 4) is 5.75 Å². The molecule has 1 saturated heterocycles. The van der Waals surface area contributed by atoms with Crippen LogP contribution in [0.3, 0.4) is 0 Å². The van der Waals surface area contributed by atoms with E-state index in [0.29, 0.717) is 19.1 Å². The van der Waals surface area contributed by atoms with E-state index in [1.807, 2.05) is 25.1 Å². The average Bonchev–Trinajstić information content (AvgIpc) is 2.91. The fourth-order valence-corrected chi connectivity index (χ4v) is 2.42. The molecule has 1 heterocycles. The van der Waals surface area contributed by atoms with Crippen LogP contribution in [0, 0.1) is 6.92 Å². The second kappa shape index (κ2) is 7.29. The standard InChI is InChI=1S/C16H24N2O2/c1-3-9-20-15-10-12(2)6-7-14(15)18-16(19)11-13-5-4-8-17-13/h6-7,10,13,17H,3-5,8-9,11H2,1-2H3,(H,18,19). The Kier molecular flexibility index (Phi) is 5.41. The number of ether oxygens (including phenoxy) is 1. The molecule has 1 unspecified atom stereocenters. The fraction of sp³-hybridized carbons (Fsp3) is 0.562. The largest absolute Gasteiger partial charge is 0.491 e. The van der Waals surface area contributed by atoms with Crippen molar-refractivity contribution >= 4 is 11.6 Å². The van der Waals surface area contributed by atoms with Gasteiger partial charge in [-0.25, -0.2) is 0 Å². The van der Waals surface area contributed by atoms with Gasteiger partial charge in [0.05, 0.1) is 12.3 Å². The highest BCUT2D eigenvalue weighted by atomic mass is 16.5. The van der Waals surface area contributed by atoms with Gasteiger partial charge in [0.2, 0.25) is 5.91 Å². The Hall–Kier alpha value is -1.55. The molecule has 1 amide bonds. The average molecular weight is 276 g/mol. The third kappa shape index (κ3) is 4.23. The van der Waals surface area contributed by atoms with Gasteiger partial charge in [-0.3, -0.25) is 4.79 Å². The highest BCUT2D eigenvalue weighted by Crippen LogP contribution is 2.26. The van der Waals surface area contributed by atoms with Gasteiger partial charge in [-0.15, -0.1) is 0 Å². The summed E-state index contributed by atoms with van der Waals surface area (Å²) >= 11 is 0. The van der Waals surface area contributed by atoms with Crippen molar-refractivity contribution in [3.63, 3.8) is 0 Å². The normalized spacial score (nSPS) is 18.0. The number of carbonyl (C=O) groups excluding carboxylic acids is 1. The first kappa shape index (κ1) is 14.9. The summed E-state index contributed by atoms with van der Waals surface area (Å²) in [5.74, 6) is 0.814. The van der Waals surface area contributed by atoms with Crippen molar-refractivity contribution in [2.75, 3.05) is 18.5 Å². The van der Waals surface area contributed by atoms with Gasteiger partial charge in [-0.1, -0.05) is 13.0 Å². The third-order valence-electron chi connectivity index (χ3n) is 3.47. The number of hydrogen-bond donors (Lipinski definition) is 2. The van der Waals surface area contributed by atoms with E-state index in [9.17, 15) is 4.79 Å². The lowest BCUT2D eigenvalue weighted by molar-refractivity contribution is -0.116. The van der Waals surface area contributed by atoms with Gasteiger partial charge < -0.3 is 15.4 Å². The topological polar surface area (TPSA) is 50.4 Å². The molecule has 20 heavy (non-hydrogen) atoms. The van der Waals surface area contributed by atoms with Crippen molar-refractivity contribution in [3.05, 3.63) is 23.8 Å². The second-order valence-corrected chi connectivity index (χ2v) is 5.39. The number of nitrogens with one attached hydrogen (secondary N) is 2. The summed E-state index contributed by atoms with van der Waals surface area (Å²) in [5.41, 5.74) is 1.90. The van der Waals surface area contributed by atoms with E-state index in [1.54, 1.807) is 0 Å². The zero-order chi connectivity index (χ0) is 14.4. The van der Waals surface area contributed by atoms with Crippen LogP contribution in [0.2, 0.25) is 0 Å². The molecule has 1 atom stereocenters. The minimum atomic E-state index is 0.0506. The van der Waals surface area contributed by atoms with Crippen molar-refractivity contribution in [2.24, 2.45) is 0 Å². The minimum absolute atomic E-state index is 0.0506. The zero-order valence-corrected chi connectivity index (χ0v) is 12.4. The predicted octanol–water partition coefficient (Wildman–Crippen LogP) is 2.86. The van der Waals surface area contributed by atoms with Crippen LogP contribution in [0.4, 0.5) is 5.69 Å². The predicted molar refractivity (Wildman–Crippen MR) is 81.2 cm³/mol. The van der Waals surface area contributed by atoms with Gasteiger partial charge in [0.1, 0.15) is 5.75 Å². The summed E-state index contributed by atoms with van der Waals surface area (Å²) in [6.45, 7) is 5.77. The van der Waals surface area contributed by atoms with E-state index in [4.69, 9.17) is 4.74 Å². The third-order valence-corrected chi connectivity index (χ3v) is 3.47.